The van der Waals surface area contributed by atoms with Crippen molar-refractivity contribution in [1.82, 2.24) is 0 Å². The predicted octanol–water partition coefficient (Wildman–Crippen LogP) is 16.1. The average molecular weight is 856 g/mol. The average Bonchev–Trinajstić information content (AvgIpc) is 3.86. The highest BCUT2D eigenvalue weighted by atomic mass is 32.1. The van der Waals surface area contributed by atoms with Crippen LogP contribution in [-0.4, -0.2) is 14.2 Å². The van der Waals surface area contributed by atoms with E-state index >= 15 is 0 Å². The van der Waals surface area contributed by atoms with Crippen LogP contribution in [-0.2, 0) is 5.41 Å². The highest BCUT2D eigenvalue weighted by Crippen LogP contribution is 2.69. The lowest BCUT2D eigenvalue weighted by Crippen LogP contribution is -2.55. The number of hydrogen-bond acceptors (Lipinski definition) is 4. The van der Waals surface area contributed by atoms with Gasteiger partial charge >= 0.3 is 0 Å². The Balaban J connectivity index is 1.03. The highest BCUT2D eigenvalue weighted by molar-refractivity contribution is 7.26. The molecule has 9 aromatic carbocycles. The maximum absolute atomic E-state index is 9.61. The van der Waals surface area contributed by atoms with Gasteiger partial charge in [0, 0.05) is 37.2 Å². The summed E-state index contributed by atoms with van der Waals surface area (Å²) in [4.78, 5) is 0. The summed E-state index contributed by atoms with van der Waals surface area (Å²) in [5, 5.41) is 19.1. The van der Waals surface area contributed by atoms with E-state index in [1.165, 1.54) is 113 Å². The van der Waals surface area contributed by atoms with Gasteiger partial charge in [0.15, 0.2) is 11.5 Å². The van der Waals surface area contributed by atoms with Crippen LogP contribution in [0.25, 0.3) is 97.0 Å². The fourth-order valence-electron chi connectivity index (χ4n) is 14.1. The van der Waals surface area contributed by atoms with Gasteiger partial charge in [0.05, 0.1) is 25.9 Å². The highest BCUT2D eigenvalue weighted by Gasteiger charge is 2.61. The number of methoxy groups -OCH3 is 2. The zero-order chi connectivity index (χ0) is 43.1. The second-order valence-corrected chi connectivity index (χ2v) is 20.5. The van der Waals surface area contributed by atoms with Gasteiger partial charge in [0.1, 0.15) is 0 Å². The number of ether oxygens (including phenoxy) is 2. The van der Waals surface area contributed by atoms with Gasteiger partial charge in [0.2, 0.25) is 0 Å². The summed E-state index contributed by atoms with van der Waals surface area (Å²) < 4.78 is 14.3. The van der Waals surface area contributed by atoms with E-state index in [2.05, 4.69) is 146 Å². The number of thiophene rings is 1. The lowest BCUT2D eigenvalue weighted by Gasteiger charge is -2.61. The first-order valence-corrected chi connectivity index (χ1v) is 24.1. The maximum atomic E-state index is 9.61. The van der Waals surface area contributed by atoms with Gasteiger partial charge in [-0.05, 0) is 181 Å². The fraction of sp³-hybridized carbons (Fsp3) is 0.197. The molecule has 0 amide bonds. The maximum Gasteiger partial charge on any atom is 0.162 e. The Labute approximate surface area is 382 Å². The fourth-order valence-corrected chi connectivity index (χ4v) is 15.3. The third kappa shape index (κ3) is 5.16. The molecule has 312 valence electrons. The molecule has 1 aromatic heterocycles. The molecule has 65 heavy (non-hydrogen) atoms. The van der Waals surface area contributed by atoms with Crippen molar-refractivity contribution >= 4 is 63.8 Å². The topological polar surface area (TPSA) is 42.2 Å². The molecular formula is C61H45NO2S. The molecule has 15 rings (SSSR count). The van der Waals surface area contributed by atoms with Crippen LogP contribution in [0.1, 0.15) is 48.8 Å². The number of benzene rings is 9. The number of fused-ring (bicyclic) bond motifs is 9. The van der Waals surface area contributed by atoms with E-state index in [1.807, 2.05) is 23.5 Å². The molecule has 1 spiro atoms. The van der Waals surface area contributed by atoms with Gasteiger partial charge in [-0.15, -0.1) is 11.3 Å². The molecule has 0 radical (unpaired) electrons. The minimum Gasteiger partial charge on any atom is -0.493 e. The van der Waals surface area contributed by atoms with Crippen molar-refractivity contribution in [1.29, 1.82) is 5.26 Å². The monoisotopic (exact) mass is 855 g/mol. The second kappa shape index (κ2) is 13.8. The van der Waals surface area contributed by atoms with Crippen LogP contribution in [0.15, 0.2) is 152 Å². The zero-order valence-electron chi connectivity index (χ0n) is 36.5. The normalized spacial score (nSPS) is 21.4. The van der Waals surface area contributed by atoms with E-state index in [-0.39, 0.29) is 5.41 Å². The van der Waals surface area contributed by atoms with E-state index in [9.17, 15) is 5.26 Å². The van der Waals surface area contributed by atoms with Crippen LogP contribution in [0.4, 0.5) is 0 Å². The molecule has 4 fully saturated rings. The largest absolute Gasteiger partial charge is 0.493 e. The van der Waals surface area contributed by atoms with E-state index in [0.717, 1.165) is 51.5 Å². The molecule has 0 atom stereocenters. The van der Waals surface area contributed by atoms with Crippen LogP contribution in [0.2, 0.25) is 0 Å². The Morgan fingerprint density at radius 1 is 0.492 bits per heavy atom. The Kier molecular flexibility index (Phi) is 7.94. The lowest BCUT2D eigenvalue weighted by atomic mass is 9.43. The summed E-state index contributed by atoms with van der Waals surface area (Å²) in [6, 6.07) is 59.2. The van der Waals surface area contributed by atoms with Crippen molar-refractivity contribution < 1.29 is 9.47 Å². The van der Waals surface area contributed by atoms with E-state index in [0.29, 0.717) is 5.56 Å². The first-order chi connectivity index (χ1) is 32.0. The molecule has 0 aliphatic heterocycles. The molecular weight excluding hydrogens is 811 g/mol. The van der Waals surface area contributed by atoms with Crippen LogP contribution in [0.3, 0.4) is 0 Å². The predicted molar refractivity (Wildman–Crippen MR) is 269 cm³/mol. The van der Waals surface area contributed by atoms with Crippen molar-refractivity contribution in [3.63, 3.8) is 0 Å². The summed E-state index contributed by atoms with van der Waals surface area (Å²) in [6.07, 6.45) is 6.97. The molecule has 4 heteroatoms. The molecule has 10 aromatic rings. The quantitative estimate of drug-likeness (QED) is 0.162. The van der Waals surface area contributed by atoms with Crippen LogP contribution in [0, 0.1) is 35.0 Å². The Bertz CT molecular complexity index is 3650. The van der Waals surface area contributed by atoms with Crippen molar-refractivity contribution in [2.24, 2.45) is 23.7 Å². The SMILES string of the molecule is COc1cc2sc3c(-c4ccc5c(c4)-c4ccccc4C54C5CC6CC(C5)CC4C6)cc(-c4c5ccccc5c(-c5ccc6cc(C#N)ccc6c5)c5ccccc45)cc3c2cc1OC. The molecule has 4 bridgehead atoms. The standard InChI is InChI=1S/C61H45NO2S/c1-63-55-31-51-52-30-41(59-47-12-5-3-10-45(47)58(46-11-4-6-13-48(46)59)40-18-17-37-22-34(33-62)15-16-38(37)27-40)29-49(60(52)65-57(51)32-56(55)64-2)39-19-20-54-50(28-39)44-9-7-8-14-53(44)61(54)42-23-35-21-36(25-42)26-43(61)24-35/h3-20,22,27-32,35-36,42-43H,21,23-26H2,1-2H3. The summed E-state index contributed by atoms with van der Waals surface area (Å²) in [6.45, 7) is 0. The molecule has 0 saturated heterocycles. The minimum atomic E-state index is 0.129. The summed E-state index contributed by atoms with van der Waals surface area (Å²) in [7, 11) is 3.45. The van der Waals surface area contributed by atoms with Crippen molar-refractivity contribution in [2.75, 3.05) is 14.2 Å². The van der Waals surface area contributed by atoms with E-state index in [4.69, 9.17) is 9.47 Å². The minimum absolute atomic E-state index is 0.129. The van der Waals surface area contributed by atoms with Crippen LogP contribution in [0.5, 0.6) is 11.5 Å². The summed E-state index contributed by atoms with van der Waals surface area (Å²) in [5.74, 6) is 4.76. The lowest BCUT2D eigenvalue weighted by molar-refractivity contribution is -0.0399. The molecule has 3 nitrogen and oxygen atoms in total. The molecule has 4 saturated carbocycles. The van der Waals surface area contributed by atoms with Crippen LogP contribution >= 0.6 is 11.3 Å². The van der Waals surface area contributed by atoms with Gasteiger partial charge in [0.25, 0.3) is 0 Å². The second-order valence-electron chi connectivity index (χ2n) is 19.4. The van der Waals surface area contributed by atoms with E-state index < -0.39 is 0 Å². The van der Waals surface area contributed by atoms with E-state index in [1.54, 1.807) is 25.3 Å². The third-order valence-corrected chi connectivity index (χ3v) is 17.6. The Morgan fingerprint density at radius 2 is 1.08 bits per heavy atom. The van der Waals surface area contributed by atoms with Gasteiger partial charge in [-0.3, -0.25) is 0 Å². The third-order valence-electron chi connectivity index (χ3n) is 16.4. The number of rotatable bonds is 5. The molecule has 5 aliphatic rings. The van der Waals surface area contributed by atoms with Crippen molar-refractivity contribution in [3.05, 3.63) is 168 Å². The summed E-state index contributed by atoms with van der Waals surface area (Å²) >= 11 is 1.85. The van der Waals surface area contributed by atoms with Gasteiger partial charge in [-0.1, -0.05) is 103 Å². The summed E-state index contributed by atoms with van der Waals surface area (Å²) in [5.41, 5.74) is 14.2. The Morgan fingerprint density at radius 3 is 1.77 bits per heavy atom. The van der Waals surface area contributed by atoms with Gasteiger partial charge in [-0.25, -0.2) is 0 Å². The first kappa shape index (κ1) is 37.4. The number of nitriles is 1. The number of hydrogen-bond donors (Lipinski definition) is 0. The molecule has 0 N–H and O–H groups in total. The van der Waals surface area contributed by atoms with Gasteiger partial charge < -0.3 is 9.47 Å². The van der Waals surface area contributed by atoms with Crippen molar-refractivity contribution in [3.8, 4) is 62.1 Å². The van der Waals surface area contributed by atoms with Gasteiger partial charge in [-0.2, -0.15) is 5.26 Å². The molecule has 1 heterocycles. The zero-order valence-corrected chi connectivity index (χ0v) is 37.3. The molecule has 0 unspecified atom stereocenters. The first-order valence-electron chi connectivity index (χ1n) is 23.3. The van der Waals surface area contributed by atoms with Crippen molar-refractivity contribution in [2.45, 2.75) is 37.5 Å². The molecule has 5 aliphatic carbocycles. The smallest absolute Gasteiger partial charge is 0.162 e. The Hall–Kier alpha value is -6.93. The number of nitrogens with zero attached hydrogens (tertiary/aromatic N) is 1. The van der Waals surface area contributed by atoms with Crippen LogP contribution < -0.4 is 9.47 Å².